The van der Waals surface area contributed by atoms with E-state index in [1.165, 1.54) is 4.70 Å². The molecular weight excluding hydrogens is 284 g/mol. The first-order valence-electron chi connectivity index (χ1n) is 4.12. The fourth-order valence-corrected chi connectivity index (χ4v) is 3.44. The van der Waals surface area contributed by atoms with Crippen molar-refractivity contribution in [1.29, 1.82) is 0 Å². The summed E-state index contributed by atoms with van der Waals surface area (Å²) in [5, 5.41) is 13.7. The van der Waals surface area contributed by atoms with Crippen LogP contribution in [0.15, 0.2) is 17.5 Å². The second kappa shape index (κ2) is 4.19. The lowest BCUT2D eigenvalue weighted by Gasteiger charge is -2.03. The molecule has 2 aromatic rings. The van der Waals surface area contributed by atoms with Crippen molar-refractivity contribution in [3.05, 3.63) is 33.7 Å². The summed E-state index contributed by atoms with van der Waals surface area (Å²) in [5.74, 6) is 0. The van der Waals surface area contributed by atoms with Gasteiger partial charge in [-0.15, -0.1) is 11.3 Å². The van der Waals surface area contributed by atoms with E-state index in [9.17, 15) is 5.11 Å². The lowest BCUT2D eigenvalue weighted by atomic mass is 10.1. The van der Waals surface area contributed by atoms with Crippen LogP contribution in [-0.2, 0) is 11.9 Å². The van der Waals surface area contributed by atoms with Gasteiger partial charge in [-0.1, -0.05) is 27.5 Å². The number of hydrogen-bond donors (Lipinski definition) is 1. The highest BCUT2D eigenvalue weighted by atomic mass is 79.9. The van der Waals surface area contributed by atoms with Crippen LogP contribution in [0.25, 0.3) is 10.1 Å². The van der Waals surface area contributed by atoms with Crippen LogP contribution in [0.4, 0.5) is 0 Å². The Morgan fingerprint density at radius 2 is 2.21 bits per heavy atom. The molecule has 74 valence electrons. The van der Waals surface area contributed by atoms with Gasteiger partial charge in [0.05, 0.1) is 6.61 Å². The van der Waals surface area contributed by atoms with E-state index in [1.807, 2.05) is 17.5 Å². The molecule has 0 aliphatic carbocycles. The molecule has 0 radical (unpaired) electrons. The summed E-state index contributed by atoms with van der Waals surface area (Å²) < 4.78 is 1.17. The number of fused-ring (bicyclic) bond motifs is 1. The Kier molecular flexibility index (Phi) is 3.12. The van der Waals surface area contributed by atoms with Crippen LogP contribution in [0.5, 0.6) is 0 Å². The minimum Gasteiger partial charge on any atom is -0.392 e. The summed E-state index contributed by atoms with van der Waals surface area (Å²) in [4.78, 5) is 0. The maximum absolute atomic E-state index is 9.18. The summed E-state index contributed by atoms with van der Waals surface area (Å²) >= 11 is 11.1. The Hall–Kier alpha value is -0.0900. The van der Waals surface area contributed by atoms with E-state index >= 15 is 0 Å². The number of aliphatic hydroxyl groups is 1. The number of thiophene rings is 1. The van der Waals surface area contributed by atoms with Crippen molar-refractivity contribution in [1.82, 2.24) is 0 Å². The molecule has 0 bridgehead atoms. The monoisotopic (exact) mass is 290 g/mol. The third-order valence-corrected chi connectivity index (χ3v) is 4.08. The Balaban J connectivity index is 2.81. The Morgan fingerprint density at radius 3 is 2.86 bits per heavy atom. The van der Waals surface area contributed by atoms with Crippen molar-refractivity contribution < 1.29 is 5.11 Å². The fraction of sp³-hybridized carbons (Fsp3) is 0.200. The van der Waals surface area contributed by atoms with Crippen LogP contribution in [0.3, 0.4) is 0 Å². The molecule has 0 saturated heterocycles. The number of rotatable bonds is 2. The molecule has 14 heavy (non-hydrogen) atoms. The predicted octanol–water partition coefficient (Wildman–Crippen LogP) is 3.94. The number of hydrogen-bond acceptors (Lipinski definition) is 2. The fourth-order valence-electron chi connectivity index (χ4n) is 1.49. The zero-order valence-electron chi connectivity index (χ0n) is 7.26. The normalized spacial score (nSPS) is 11.1. The lowest BCUT2D eigenvalue weighted by Crippen LogP contribution is -1.86. The highest BCUT2D eigenvalue weighted by Gasteiger charge is 2.10. The minimum absolute atomic E-state index is 0.0698. The third kappa shape index (κ3) is 1.58. The van der Waals surface area contributed by atoms with Gasteiger partial charge in [0, 0.05) is 20.4 Å². The average Bonchev–Trinajstić information content (AvgIpc) is 2.61. The van der Waals surface area contributed by atoms with Gasteiger partial charge in [-0.3, -0.25) is 0 Å². The van der Waals surface area contributed by atoms with Gasteiger partial charge in [0.15, 0.2) is 0 Å². The average molecular weight is 292 g/mol. The molecule has 0 fully saturated rings. The van der Waals surface area contributed by atoms with Gasteiger partial charge in [-0.2, -0.15) is 0 Å². The van der Waals surface area contributed by atoms with Gasteiger partial charge in [0.25, 0.3) is 0 Å². The molecular formula is C10H8BrClOS. The molecule has 1 aromatic carbocycles. The first-order valence-corrected chi connectivity index (χ1v) is 6.50. The zero-order valence-corrected chi connectivity index (χ0v) is 10.4. The van der Waals surface area contributed by atoms with E-state index in [1.54, 1.807) is 11.3 Å². The third-order valence-electron chi connectivity index (χ3n) is 2.17. The molecule has 0 aliphatic rings. The van der Waals surface area contributed by atoms with Crippen molar-refractivity contribution in [2.24, 2.45) is 0 Å². The first-order chi connectivity index (χ1) is 6.77. The van der Waals surface area contributed by atoms with Crippen molar-refractivity contribution in [2.45, 2.75) is 11.9 Å². The molecule has 1 N–H and O–H groups in total. The number of halogens is 2. The highest BCUT2D eigenvalue weighted by molar-refractivity contribution is 9.08. The van der Waals surface area contributed by atoms with Gasteiger partial charge >= 0.3 is 0 Å². The van der Waals surface area contributed by atoms with Gasteiger partial charge in [0.2, 0.25) is 0 Å². The first kappa shape index (κ1) is 10.4. The van der Waals surface area contributed by atoms with E-state index < -0.39 is 0 Å². The molecule has 1 aromatic heterocycles. The maximum Gasteiger partial charge on any atom is 0.0696 e. The Morgan fingerprint density at radius 1 is 1.43 bits per heavy atom. The topological polar surface area (TPSA) is 20.2 Å². The predicted molar refractivity (Wildman–Crippen MR) is 65.4 cm³/mol. The zero-order chi connectivity index (χ0) is 10.1. The lowest BCUT2D eigenvalue weighted by molar-refractivity contribution is 0.284. The van der Waals surface area contributed by atoms with Gasteiger partial charge in [0.1, 0.15) is 0 Å². The van der Waals surface area contributed by atoms with Crippen LogP contribution >= 0.6 is 38.9 Å². The van der Waals surface area contributed by atoms with Crippen molar-refractivity contribution in [3.8, 4) is 0 Å². The van der Waals surface area contributed by atoms with Gasteiger partial charge < -0.3 is 5.11 Å². The largest absolute Gasteiger partial charge is 0.392 e. The minimum atomic E-state index is 0.0698. The summed E-state index contributed by atoms with van der Waals surface area (Å²) in [6.07, 6.45) is 0. The standard InChI is InChI=1S/C10H8BrClOS/c11-3-7-8(12)1-2-9-10(7)6(4-13)5-14-9/h1-2,5,13H,3-4H2. The van der Waals surface area contributed by atoms with Crippen LogP contribution in [-0.4, -0.2) is 5.11 Å². The number of aliphatic hydroxyl groups excluding tert-OH is 1. The second-order valence-corrected chi connectivity index (χ2v) is 4.83. The van der Waals surface area contributed by atoms with Crippen LogP contribution in [0.2, 0.25) is 5.02 Å². The SMILES string of the molecule is OCc1csc2ccc(Cl)c(CBr)c12. The van der Waals surface area contributed by atoms with E-state index in [-0.39, 0.29) is 6.61 Å². The molecule has 0 amide bonds. The van der Waals surface area contributed by atoms with E-state index in [4.69, 9.17) is 11.6 Å². The van der Waals surface area contributed by atoms with Crippen molar-refractivity contribution in [3.63, 3.8) is 0 Å². The highest BCUT2D eigenvalue weighted by Crippen LogP contribution is 2.34. The second-order valence-electron chi connectivity index (χ2n) is 2.95. The molecule has 2 rings (SSSR count). The van der Waals surface area contributed by atoms with E-state index in [0.717, 1.165) is 21.5 Å². The number of benzene rings is 1. The molecule has 1 nitrogen and oxygen atoms in total. The van der Waals surface area contributed by atoms with Crippen molar-refractivity contribution in [2.75, 3.05) is 0 Å². The Labute approximate surface area is 99.4 Å². The van der Waals surface area contributed by atoms with Crippen LogP contribution in [0, 0.1) is 0 Å². The molecule has 1 heterocycles. The van der Waals surface area contributed by atoms with E-state index in [2.05, 4.69) is 15.9 Å². The molecule has 0 aliphatic heterocycles. The molecule has 0 atom stereocenters. The molecule has 0 unspecified atom stereocenters. The van der Waals surface area contributed by atoms with E-state index in [0.29, 0.717) is 5.33 Å². The van der Waals surface area contributed by atoms with Crippen LogP contribution < -0.4 is 0 Å². The van der Waals surface area contributed by atoms with Crippen LogP contribution in [0.1, 0.15) is 11.1 Å². The quantitative estimate of drug-likeness (QED) is 0.831. The maximum atomic E-state index is 9.18. The van der Waals surface area contributed by atoms with Gasteiger partial charge in [-0.25, -0.2) is 0 Å². The summed E-state index contributed by atoms with van der Waals surface area (Å²) in [7, 11) is 0. The summed E-state index contributed by atoms with van der Waals surface area (Å²) in [6.45, 7) is 0.0698. The molecule has 4 heteroatoms. The summed E-state index contributed by atoms with van der Waals surface area (Å²) in [5.41, 5.74) is 2.02. The number of alkyl halides is 1. The summed E-state index contributed by atoms with van der Waals surface area (Å²) in [6, 6.07) is 3.89. The molecule has 0 saturated carbocycles. The van der Waals surface area contributed by atoms with Crippen molar-refractivity contribution >= 4 is 49.0 Å². The van der Waals surface area contributed by atoms with Gasteiger partial charge in [-0.05, 0) is 28.6 Å². The smallest absolute Gasteiger partial charge is 0.0696 e. The Bertz CT molecular complexity index is 466. The molecule has 0 spiro atoms.